The average molecular weight is 437 g/mol. The van der Waals surface area contributed by atoms with Gasteiger partial charge in [0.15, 0.2) is 0 Å². The molecule has 0 fully saturated rings. The lowest BCUT2D eigenvalue weighted by Gasteiger charge is -2.14. The van der Waals surface area contributed by atoms with Crippen molar-refractivity contribution in [3.8, 4) is 5.75 Å². The molecule has 6 heteroatoms. The van der Waals surface area contributed by atoms with Gasteiger partial charge in [0.05, 0.1) is 4.47 Å². The van der Waals surface area contributed by atoms with E-state index >= 15 is 0 Å². The number of phenols is 1. The maximum atomic E-state index is 13.0. The van der Waals surface area contributed by atoms with Crippen LogP contribution in [-0.4, -0.2) is 28.7 Å². The van der Waals surface area contributed by atoms with Crippen LogP contribution in [0, 0.1) is 5.82 Å². The second-order valence-corrected chi connectivity index (χ2v) is 8.51. The molecule has 1 heterocycles. The van der Waals surface area contributed by atoms with Crippen LogP contribution in [0.2, 0.25) is 0 Å². The predicted octanol–water partition coefficient (Wildman–Crippen LogP) is 5.28. The van der Waals surface area contributed by atoms with E-state index in [1.54, 1.807) is 11.8 Å². The van der Waals surface area contributed by atoms with Gasteiger partial charge in [-0.05, 0) is 59.9 Å². The lowest BCUT2D eigenvalue weighted by Crippen LogP contribution is -2.11. The predicted molar refractivity (Wildman–Crippen MR) is 111 cm³/mol. The molecule has 0 amide bonds. The number of phenolic OH excluding ortho intramolecular Hbond substituents is 1. The monoisotopic (exact) mass is 436 g/mol. The van der Waals surface area contributed by atoms with E-state index in [1.807, 2.05) is 32.3 Å². The average Bonchev–Trinajstić information content (AvgIpc) is 2.90. The number of halogens is 2. The molecule has 2 aromatic carbocycles. The van der Waals surface area contributed by atoms with Gasteiger partial charge in [-0.1, -0.05) is 12.1 Å². The summed E-state index contributed by atoms with van der Waals surface area (Å²) < 4.78 is 15.9. The van der Waals surface area contributed by atoms with Crippen LogP contribution in [0.4, 0.5) is 4.39 Å². The van der Waals surface area contributed by atoms with E-state index in [9.17, 15) is 9.50 Å². The van der Waals surface area contributed by atoms with Crippen molar-refractivity contribution in [1.82, 2.24) is 9.47 Å². The first-order chi connectivity index (χ1) is 12.4. The molecule has 26 heavy (non-hydrogen) atoms. The van der Waals surface area contributed by atoms with Crippen LogP contribution in [-0.2, 0) is 25.1 Å². The van der Waals surface area contributed by atoms with E-state index < -0.39 is 0 Å². The highest BCUT2D eigenvalue weighted by atomic mass is 79.9. The van der Waals surface area contributed by atoms with E-state index in [0.717, 1.165) is 33.5 Å². The van der Waals surface area contributed by atoms with Gasteiger partial charge >= 0.3 is 0 Å². The zero-order chi connectivity index (χ0) is 18.8. The molecule has 3 aromatic rings. The fourth-order valence-electron chi connectivity index (χ4n) is 3.02. The minimum absolute atomic E-state index is 0.203. The van der Waals surface area contributed by atoms with Gasteiger partial charge in [-0.3, -0.25) is 0 Å². The lowest BCUT2D eigenvalue weighted by molar-refractivity contribution is 0.387. The third-order valence-electron chi connectivity index (χ3n) is 4.39. The van der Waals surface area contributed by atoms with Gasteiger partial charge in [-0.2, -0.15) is 11.8 Å². The molecule has 0 aliphatic carbocycles. The summed E-state index contributed by atoms with van der Waals surface area (Å²) in [4.78, 5) is 2.05. The van der Waals surface area contributed by atoms with E-state index in [1.165, 1.54) is 17.8 Å². The number of aromatic nitrogens is 1. The Morgan fingerprint density at radius 3 is 2.50 bits per heavy atom. The normalized spacial score (nSPS) is 11.6. The number of hydrogen-bond acceptors (Lipinski definition) is 3. The zero-order valence-corrected chi connectivity index (χ0v) is 17.5. The molecule has 3 nitrogen and oxygen atoms in total. The van der Waals surface area contributed by atoms with Crippen molar-refractivity contribution >= 4 is 38.6 Å². The van der Waals surface area contributed by atoms with Crippen molar-refractivity contribution < 1.29 is 9.50 Å². The first-order valence-electron chi connectivity index (χ1n) is 8.32. The van der Waals surface area contributed by atoms with Crippen LogP contribution in [0.15, 0.2) is 40.9 Å². The van der Waals surface area contributed by atoms with Crippen LogP contribution < -0.4 is 0 Å². The number of thioether (sulfide) groups is 1. The minimum atomic E-state index is -0.203. The second kappa shape index (κ2) is 8.03. The molecule has 0 aliphatic rings. The molecule has 0 bridgehead atoms. The van der Waals surface area contributed by atoms with E-state index in [0.29, 0.717) is 16.8 Å². The Bertz CT molecular complexity index is 922. The van der Waals surface area contributed by atoms with E-state index in [2.05, 4.69) is 38.5 Å². The number of nitrogens with zero attached hydrogens (tertiary/aromatic N) is 2. The van der Waals surface area contributed by atoms with Gasteiger partial charge in [-0.15, -0.1) is 0 Å². The summed E-state index contributed by atoms with van der Waals surface area (Å²) in [5.74, 6) is 1.79. The first kappa shape index (κ1) is 19.3. The van der Waals surface area contributed by atoms with E-state index in [4.69, 9.17) is 0 Å². The van der Waals surface area contributed by atoms with Crippen molar-refractivity contribution in [3.05, 3.63) is 63.5 Å². The second-order valence-electron chi connectivity index (χ2n) is 6.67. The van der Waals surface area contributed by atoms with Crippen molar-refractivity contribution in [2.24, 2.45) is 7.05 Å². The molecule has 0 saturated heterocycles. The molecule has 1 N–H and O–H groups in total. The maximum Gasteiger partial charge on any atom is 0.135 e. The van der Waals surface area contributed by atoms with Crippen LogP contribution in [0.1, 0.15) is 16.8 Å². The smallest absolute Gasteiger partial charge is 0.135 e. The molecule has 0 radical (unpaired) electrons. The maximum absolute atomic E-state index is 13.0. The molecule has 1 aromatic heterocycles. The zero-order valence-electron chi connectivity index (χ0n) is 15.1. The molecule has 0 spiro atoms. The molecule has 0 unspecified atom stereocenters. The Kier molecular flexibility index (Phi) is 5.95. The summed E-state index contributed by atoms with van der Waals surface area (Å²) in [5.41, 5.74) is 4.35. The Labute approximate surface area is 165 Å². The van der Waals surface area contributed by atoms with Crippen molar-refractivity contribution in [2.75, 3.05) is 14.1 Å². The molecule has 3 rings (SSSR count). The topological polar surface area (TPSA) is 28.4 Å². The van der Waals surface area contributed by atoms with Crippen molar-refractivity contribution in [1.29, 1.82) is 0 Å². The summed E-state index contributed by atoms with van der Waals surface area (Å²) in [6, 6.07) is 10.8. The third-order valence-corrected chi connectivity index (χ3v) is 6.03. The van der Waals surface area contributed by atoms with Crippen molar-refractivity contribution in [2.45, 2.75) is 18.1 Å². The fraction of sp³-hybridized carbons (Fsp3) is 0.300. The highest BCUT2D eigenvalue weighted by Gasteiger charge is 2.16. The van der Waals surface area contributed by atoms with Gasteiger partial charge in [0.2, 0.25) is 0 Å². The fourth-order valence-corrected chi connectivity index (χ4v) is 4.49. The number of hydrogen-bond donors (Lipinski definition) is 1. The minimum Gasteiger partial charge on any atom is -0.506 e. The van der Waals surface area contributed by atoms with Crippen LogP contribution in [0.5, 0.6) is 5.75 Å². The Balaban J connectivity index is 1.85. The number of rotatable bonds is 6. The Morgan fingerprint density at radius 2 is 1.85 bits per heavy atom. The van der Waals surface area contributed by atoms with Crippen LogP contribution in [0.3, 0.4) is 0 Å². The van der Waals surface area contributed by atoms with Crippen LogP contribution >= 0.6 is 27.7 Å². The molecule has 138 valence electrons. The van der Waals surface area contributed by atoms with Crippen LogP contribution in [0.25, 0.3) is 10.9 Å². The number of aryl methyl sites for hydroxylation is 1. The highest BCUT2D eigenvalue weighted by molar-refractivity contribution is 9.10. The molecule has 0 atom stereocenters. The SMILES string of the molecule is CN(C)Cc1c(O)c(Br)cc2c1cc(CSCc1ccc(F)cc1)n2C. The van der Waals surface area contributed by atoms with Gasteiger partial charge in [0, 0.05) is 47.3 Å². The molecular formula is C20H22BrFN2OS. The Morgan fingerprint density at radius 1 is 1.15 bits per heavy atom. The van der Waals surface area contributed by atoms with E-state index in [-0.39, 0.29) is 5.82 Å². The van der Waals surface area contributed by atoms with Gasteiger partial charge in [0.25, 0.3) is 0 Å². The number of aromatic hydroxyl groups is 1. The van der Waals surface area contributed by atoms with Gasteiger partial charge < -0.3 is 14.6 Å². The first-order valence-corrected chi connectivity index (χ1v) is 10.3. The van der Waals surface area contributed by atoms with Gasteiger partial charge in [-0.25, -0.2) is 4.39 Å². The van der Waals surface area contributed by atoms with Gasteiger partial charge in [0.1, 0.15) is 11.6 Å². The summed E-state index contributed by atoms with van der Waals surface area (Å²) >= 11 is 5.27. The quantitative estimate of drug-likeness (QED) is 0.569. The standard InChI is InChI=1S/C20H22BrFN2OS/c1-23(2)10-17-16-8-15(24(3)19(16)9-18(21)20(17)25)12-26-11-13-4-6-14(22)7-5-13/h4-9,25H,10-12H2,1-3H3. The molecule has 0 aliphatic heterocycles. The summed E-state index contributed by atoms with van der Waals surface area (Å²) in [5, 5.41) is 11.6. The molecule has 0 saturated carbocycles. The largest absolute Gasteiger partial charge is 0.506 e. The summed E-state index contributed by atoms with van der Waals surface area (Å²) in [6.45, 7) is 0.675. The molecular weight excluding hydrogens is 415 g/mol. The summed E-state index contributed by atoms with van der Waals surface area (Å²) in [6.07, 6.45) is 0. The van der Waals surface area contributed by atoms with Crippen molar-refractivity contribution in [3.63, 3.8) is 0 Å². The Hall–Kier alpha value is -1.50. The lowest BCUT2D eigenvalue weighted by atomic mass is 10.1. The number of benzene rings is 2. The third kappa shape index (κ3) is 4.08. The highest BCUT2D eigenvalue weighted by Crippen LogP contribution is 2.37. The number of fused-ring (bicyclic) bond motifs is 1. The summed E-state index contributed by atoms with van der Waals surface area (Å²) in [7, 11) is 6.04.